The van der Waals surface area contributed by atoms with Gasteiger partial charge in [-0.2, -0.15) is 0 Å². The van der Waals surface area contributed by atoms with E-state index in [9.17, 15) is 0 Å². The largest absolute Gasteiger partial charge is 0.256 e. The van der Waals surface area contributed by atoms with E-state index in [2.05, 4.69) is 21.8 Å². The first-order chi connectivity index (χ1) is 10.8. The first-order valence-corrected chi connectivity index (χ1v) is 6.76. The zero-order chi connectivity index (χ0) is 15.4. The van der Waals surface area contributed by atoms with Crippen molar-refractivity contribution in [2.24, 2.45) is 0 Å². The molecule has 1 aromatic carbocycles. The molecule has 2 heterocycles. The van der Waals surface area contributed by atoms with E-state index >= 15 is 0 Å². The highest BCUT2D eigenvalue weighted by Gasteiger charge is 2.03. The second-order valence-electron chi connectivity index (χ2n) is 4.73. The molecule has 0 aliphatic heterocycles. The zero-order valence-electron chi connectivity index (χ0n) is 11.8. The Morgan fingerprint density at radius 3 is 1.41 bits per heavy atom. The number of hydrogen-bond donors (Lipinski definition) is 0. The van der Waals surface area contributed by atoms with Gasteiger partial charge >= 0.3 is 0 Å². The van der Waals surface area contributed by atoms with Crippen molar-refractivity contribution in [2.75, 3.05) is 0 Å². The number of benzene rings is 1. The third-order valence-electron chi connectivity index (χ3n) is 3.33. The van der Waals surface area contributed by atoms with Gasteiger partial charge in [-0.15, -0.1) is 12.8 Å². The first kappa shape index (κ1) is 13.6. The molecule has 0 spiro atoms. The van der Waals surface area contributed by atoms with Gasteiger partial charge in [0.1, 0.15) is 0 Å². The van der Waals surface area contributed by atoms with Gasteiger partial charge in [-0.3, -0.25) is 9.97 Å². The van der Waals surface area contributed by atoms with E-state index < -0.39 is 0 Å². The fourth-order valence-electron chi connectivity index (χ4n) is 2.17. The number of nitrogens with zero attached hydrogens (tertiary/aromatic N) is 2. The minimum atomic E-state index is 0.817. The molecule has 2 heteroatoms. The van der Waals surface area contributed by atoms with E-state index in [1.54, 1.807) is 12.4 Å². The highest BCUT2D eigenvalue weighted by atomic mass is 14.7. The Bertz CT molecular complexity index is 817. The van der Waals surface area contributed by atoms with E-state index in [0.29, 0.717) is 0 Å². The smallest absolute Gasteiger partial charge is 0.0714 e. The lowest BCUT2D eigenvalue weighted by atomic mass is 10.0. The maximum atomic E-state index is 5.42. The van der Waals surface area contributed by atoms with E-state index in [0.717, 1.165) is 33.6 Å². The number of rotatable bonds is 2. The van der Waals surface area contributed by atoms with Crippen LogP contribution in [0.2, 0.25) is 0 Å². The number of terminal acetylenes is 2. The van der Waals surface area contributed by atoms with Gasteiger partial charge in [-0.1, -0.05) is 36.1 Å². The molecule has 0 N–H and O–H groups in total. The molecule has 0 bridgehead atoms. The SMILES string of the molecule is C#Cc1ccnc(-c2ccc(-c3cc(C#C)ccn3)cc2)c1. The molecule has 3 rings (SSSR count). The summed E-state index contributed by atoms with van der Waals surface area (Å²) >= 11 is 0. The zero-order valence-corrected chi connectivity index (χ0v) is 11.8. The fourth-order valence-corrected chi connectivity index (χ4v) is 2.17. The van der Waals surface area contributed by atoms with Gasteiger partial charge in [0.05, 0.1) is 11.4 Å². The van der Waals surface area contributed by atoms with Crippen molar-refractivity contribution >= 4 is 0 Å². The average molecular weight is 280 g/mol. The molecule has 0 radical (unpaired) electrons. The van der Waals surface area contributed by atoms with Crippen molar-refractivity contribution in [1.82, 2.24) is 9.97 Å². The van der Waals surface area contributed by atoms with Crippen molar-refractivity contribution in [1.29, 1.82) is 0 Å². The van der Waals surface area contributed by atoms with Gasteiger partial charge in [0, 0.05) is 34.6 Å². The van der Waals surface area contributed by atoms with Crippen LogP contribution in [0.15, 0.2) is 60.9 Å². The van der Waals surface area contributed by atoms with Crippen LogP contribution in [0.5, 0.6) is 0 Å². The van der Waals surface area contributed by atoms with Crippen LogP contribution in [0, 0.1) is 24.7 Å². The summed E-state index contributed by atoms with van der Waals surface area (Å²) in [4.78, 5) is 8.70. The molecule has 0 saturated carbocycles. The summed E-state index contributed by atoms with van der Waals surface area (Å²) in [6.07, 6.45) is 14.3. The maximum Gasteiger partial charge on any atom is 0.0714 e. The van der Waals surface area contributed by atoms with E-state index in [1.165, 1.54) is 0 Å². The van der Waals surface area contributed by atoms with E-state index in [4.69, 9.17) is 12.8 Å². The minimum Gasteiger partial charge on any atom is -0.256 e. The Hall–Kier alpha value is -3.36. The summed E-state index contributed by atoms with van der Waals surface area (Å²) in [6.45, 7) is 0. The molecule has 3 aromatic rings. The average Bonchev–Trinajstić information content (AvgIpc) is 2.62. The van der Waals surface area contributed by atoms with Gasteiger partial charge in [0.2, 0.25) is 0 Å². The van der Waals surface area contributed by atoms with Crippen LogP contribution < -0.4 is 0 Å². The lowest BCUT2D eigenvalue weighted by Crippen LogP contribution is -1.87. The molecule has 0 atom stereocenters. The molecule has 0 amide bonds. The standard InChI is InChI=1S/C20H12N2/c1-3-15-9-11-21-19(13-15)17-5-7-18(8-6-17)20-14-16(4-2)10-12-22-20/h1-2,5-14H. The molecule has 0 aliphatic carbocycles. The highest BCUT2D eigenvalue weighted by Crippen LogP contribution is 2.23. The molecule has 2 aromatic heterocycles. The topological polar surface area (TPSA) is 25.8 Å². The molecule has 22 heavy (non-hydrogen) atoms. The van der Waals surface area contributed by atoms with Crippen molar-refractivity contribution < 1.29 is 0 Å². The van der Waals surface area contributed by atoms with Crippen molar-refractivity contribution in [2.45, 2.75) is 0 Å². The highest BCUT2D eigenvalue weighted by molar-refractivity contribution is 5.68. The summed E-state index contributed by atoms with van der Waals surface area (Å²) in [6, 6.07) is 15.4. The lowest BCUT2D eigenvalue weighted by molar-refractivity contribution is 1.30. The van der Waals surface area contributed by atoms with Crippen molar-refractivity contribution in [3.8, 4) is 47.2 Å². The van der Waals surface area contributed by atoms with Gasteiger partial charge in [0.15, 0.2) is 0 Å². The van der Waals surface area contributed by atoms with E-state index in [1.807, 2.05) is 48.5 Å². The number of aromatic nitrogens is 2. The first-order valence-electron chi connectivity index (χ1n) is 6.76. The van der Waals surface area contributed by atoms with Gasteiger partial charge in [-0.05, 0) is 24.3 Å². The van der Waals surface area contributed by atoms with Crippen LogP contribution in [0.3, 0.4) is 0 Å². The van der Waals surface area contributed by atoms with Crippen LogP contribution in [-0.2, 0) is 0 Å². The summed E-state index contributed by atoms with van der Waals surface area (Å²) in [7, 11) is 0. The lowest BCUT2D eigenvalue weighted by Gasteiger charge is -2.05. The normalized spacial score (nSPS) is 9.73. The monoisotopic (exact) mass is 280 g/mol. The van der Waals surface area contributed by atoms with Crippen molar-refractivity contribution in [3.05, 3.63) is 72.1 Å². The second kappa shape index (κ2) is 5.95. The van der Waals surface area contributed by atoms with Crippen LogP contribution in [0.25, 0.3) is 22.5 Å². The molecule has 2 nitrogen and oxygen atoms in total. The summed E-state index contributed by atoms with van der Waals surface area (Å²) in [5, 5.41) is 0. The third kappa shape index (κ3) is 2.73. The third-order valence-corrected chi connectivity index (χ3v) is 3.33. The molecule has 0 unspecified atom stereocenters. The minimum absolute atomic E-state index is 0.817. The van der Waals surface area contributed by atoms with Crippen molar-refractivity contribution in [3.63, 3.8) is 0 Å². The Morgan fingerprint density at radius 2 is 1.05 bits per heavy atom. The Morgan fingerprint density at radius 1 is 0.636 bits per heavy atom. The number of hydrogen-bond acceptors (Lipinski definition) is 2. The molecule has 0 fully saturated rings. The van der Waals surface area contributed by atoms with Crippen LogP contribution in [0.4, 0.5) is 0 Å². The quantitative estimate of drug-likeness (QED) is 0.668. The van der Waals surface area contributed by atoms with Crippen LogP contribution in [-0.4, -0.2) is 9.97 Å². The van der Waals surface area contributed by atoms with Gasteiger partial charge in [0.25, 0.3) is 0 Å². The summed E-state index contributed by atoms with van der Waals surface area (Å²) in [5.74, 6) is 5.24. The predicted molar refractivity (Wildman–Crippen MR) is 88.8 cm³/mol. The summed E-state index contributed by atoms with van der Waals surface area (Å²) in [5.41, 5.74) is 5.36. The van der Waals surface area contributed by atoms with Crippen LogP contribution >= 0.6 is 0 Å². The Labute approximate surface area is 129 Å². The van der Waals surface area contributed by atoms with E-state index in [-0.39, 0.29) is 0 Å². The predicted octanol–water partition coefficient (Wildman–Crippen LogP) is 3.77. The fraction of sp³-hybridized carbons (Fsp3) is 0. The molecule has 0 aliphatic rings. The summed E-state index contributed by atoms with van der Waals surface area (Å²) < 4.78 is 0. The Kier molecular flexibility index (Phi) is 3.69. The molecule has 0 saturated heterocycles. The Balaban J connectivity index is 1.96. The second-order valence-corrected chi connectivity index (χ2v) is 4.73. The molecular weight excluding hydrogens is 268 g/mol. The van der Waals surface area contributed by atoms with Gasteiger partial charge < -0.3 is 0 Å². The maximum absolute atomic E-state index is 5.42. The molecule has 102 valence electrons. The molecular formula is C20H12N2. The number of pyridine rings is 2. The van der Waals surface area contributed by atoms with Crippen LogP contribution in [0.1, 0.15) is 11.1 Å². The van der Waals surface area contributed by atoms with Gasteiger partial charge in [-0.25, -0.2) is 0 Å².